The molecule has 5 rings (SSSR count). The van der Waals surface area contributed by atoms with Crippen molar-refractivity contribution in [3.8, 4) is 34.3 Å². The molecule has 5 aromatic rings. The molecule has 0 atom stereocenters. The summed E-state index contributed by atoms with van der Waals surface area (Å²) < 4.78 is 50.1. The standard InChI is InChI=1S/C33H31F3N6O3S/c1-20(2)28-15-14-27(44-5)17-29(28)42-22(4)18-46-32(42)39-31(43)38-21(3)16-23-6-8-24(9-7-23)30-37-19-41(40-30)25-10-12-26(13-11-25)45-33(34,35)36/h6-20H,1-5H3,(H,38,43)/b21-16+,39-32-. The SMILES string of the molecule is COc1ccc(C(C)C)c(-n2c(C)cs/c2=N\C(=O)N/C(C)=C/c2ccc(-c3ncn(-c4ccc(OC(F)(F)F)cc4)n3)cc2)c1. The Morgan fingerprint density at radius 1 is 1.04 bits per heavy atom. The molecule has 0 unspecified atom stereocenters. The fraction of sp³-hybridized carbons (Fsp3) is 0.212. The van der Waals surface area contributed by atoms with E-state index in [9.17, 15) is 18.0 Å². The van der Waals surface area contributed by atoms with Gasteiger partial charge in [-0.25, -0.2) is 14.5 Å². The molecule has 2 heterocycles. The molecule has 46 heavy (non-hydrogen) atoms. The number of urea groups is 1. The third kappa shape index (κ3) is 7.72. The number of aromatic nitrogens is 4. The van der Waals surface area contributed by atoms with Crippen molar-refractivity contribution < 1.29 is 27.4 Å². The van der Waals surface area contributed by atoms with E-state index in [0.717, 1.165) is 33.8 Å². The lowest BCUT2D eigenvalue weighted by atomic mass is 10.0. The largest absolute Gasteiger partial charge is 0.573 e. The van der Waals surface area contributed by atoms with Crippen molar-refractivity contribution in [3.63, 3.8) is 0 Å². The number of thiazole rings is 1. The predicted molar refractivity (Wildman–Crippen MR) is 170 cm³/mol. The van der Waals surface area contributed by atoms with E-state index in [4.69, 9.17) is 4.74 Å². The van der Waals surface area contributed by atoms with Crippen LogP contribution in [0.4, 0.5) is 18.0 Å². The summed E-state index contributed by atoms with van der Waals surface area (Å²) in [5, 5.41) is 9.22. The van der Waals surface area contributed by atoms with Gasteiger partial charge in [-0.2, -0.15) is 4.99 Å². The van der Waals surface area contributed by atoms with E-state index < -0.39 is 12.4 Å². The zero-order valence-electron chi connectivity index (χ0n) is 25.7. The van der Waals surface area contributed by atoms with Crippen LogP contribution in [-0.2, 0) is 0 Å². The Morgan fingerprint density at radius 3 is 2.39 bits per heavy atom. The third-order valence-corrected chi connectivity index (χ3v) is 7.80. The lowest BCUT2D eigenvalue weighted by Gasteiger charge is -2.16. The minimum atomic E-state index is -4.76. The van der Waals surface area contributed by atoms with Gasteiger partial charge in [0.1, 0.15) is 17.8 Å². The van der Waals surface area contributed by atoms with Crippen LogP contribution in [0.3, 0.4) is 0 Å². The average molecular weight is 649 g/mol. The first-order valence-corrected chi connectivity index (χ1v) is 15.1. The number of benzene rings is 3. The van der Waals surface area contributed by atoms with E-state index in [1.807, 2.05) is 65.4 Å². The number of hydrogen-bond acceptors (Lipinski definition) is 6. The van der Waals surface area contributed by atoms with Gasteiger partial charge in [-0.15, -0.1) is 29.6 Å². The van der Waals surface area contributed by atoms with Gasteiger partial charge in [-0.3, -0.25) is 4.57 Å². The first-order valence-electron chi connectivity index (χ1n) is 14.2. The van der Waals surface area contributed by atoms with Crippen LogP contribution in [0.5, 0.6) is 11.5 Å². The average Bonchev–Trinajstić information content (AvgIpc) is 3.63. The number of aryl methyl sites for hydroxylation is 1. The van der Waals surface area contributed by atoms with Crippen molar-refractivity contribution in [1.29, 1.82) is 0 Å². The molecule has 0 radical (unpaired) electrons. The molecule has 0 bridgehead atoms. The number of carbonyl (C=O) groups excluding carboxylic acids is 1. The Kier molecular flexibility index (Phi) is 9.42. The number of methoxy groups -OCH3 is 1. The van der Waals surface area contributed by atoms with Crippen molar-refractivity contribution in [1.82, 2.24) is 24.6 Å². The second-order valence-electron chi connectivity index (χ2n) is 10.6. The molecule has 1 N–H and O–H groups in total. The number of nitrogens with zero attached hydrogens (tertiary/aromatic N) is 5. The number of rotatable bonds is 8. The molecule has 0 aliphatic heterocycles. The van der Waals surface area contributed by atoms with Gasteiger partial charge in [-0.05, 0) is 67.3 Å². The van der Waals surface area contributed by atoms with Crippen molar-refractivity contribution in [2.45, 2.75) is 40.0 Å². The molecular weight excluding hydrogens is 617 g/mol. The number of amides is 2. The second-order valence-corrected chi connectivity index (χ2v) is 11.5. The normalized spacial score (nSPS) is 12.5. The van der Waals surface area contributed by atoms with Crippen LogP contribution in [0, 0.1) is 6.92 Å². The maximum absolute atomic E-state index is 13.0. The molecule has 13 heteroatoms. The predicted octanol–water partition coefficient (Wildman–Crippen LogP) is 7.80. The summed E-state index contributed by atoms with van der Waals surface area (Å²) >= 11 is 1.38. The number of hydrogen-bond donors (Lipinski definition) is 1. The van der Waals surface area contributed by atoms with Crippen LogP contribution >= 0.6 is 11.3 Å². The molecule has 3 aromatic carbocycles. The zero-order valence-corrected chi connectivity index (χ0v) is 26.5. The highest BCUT2D eigenvalue weighted by Gasteiger charge is 2.31. The van der Waals surface area contributed by atoms with E-state index in [2.05, 4.69) is 39.0 Å². The summed E-state index contributed by atoms with van der Waals surface area (Å²) in [5.74, 6) is 1.08. The van der Waals surface area contributed by atoms with Gasteiger partial charge in [0.2, 0.25) is 0 Å². The van der Waals surface area contributed by atoms with Crippen LogP contribution in [0.1, 0.15) is 43.5 Å². The number of alkyl halides is 3. The quantitative estimate of drug-likeness (QED) is 0.185. The fourth-order valence-electron chi connectivity index (χ4n) is 4.71. The molecule has 238 valence electrons. The summed E-state index contributed by atoms with van der Waals surface area (Å²) in [6, 6.07) is 18.1. The lowest BCUT2D eigenvalue weighted by Crippen LogP contribution is -2.23. The van der Waals surface area contributed by atoms with Crippen molar-refractivity contribution in [2.24, 2.45) is 4.99 Å². The van der Waals surface area contributed by atoms with Gasteiger partial charge in [0.25, 0.3) is 0 Å². The van der Waals surface area contributed by atoms with Gasteiger partial charge in [0.05, 0.1) is 18.5 Å². The molecule has 2 aromatic heterocycles. The Balaban J connectivity index is 1.29. The first kappa shape index (κ1) is 32.2. The van der Waals surface area contributed by atoms with Crippen molar-refractivity contribution in [3.05, 3.63) is 106 Å². The molecule has 0 aliphatic carbocycles. The van der Waals surface area contributed by atoms with E-state index in [0.29, 0.717) is 22.0 Å². The van der Waals surface area contributed by atoms with Crippen LogP contribution in [-0.4, -0.2) is 38.8 Å². The van der Waals surface area contributed by atoms with Crippen molar-refractivity contribution in [2.75, 3.05) is 7.11 Å². The van der Waals surface area contributed by atoms with Crippen LogP contribution in [0.2, 0.25) is 0 Å². The topological polar surface area (TPSA) is 95.6 Å². The highest BCUT2D eigenvalue weighted by molar-refractivity contribution is 7.07. The Labute approximate surface area is 267 Å². The Morgan fingerprint density at radius 2 is 1.74 bits per heavy atom. The summed E-state index contributed by atoms with van der Waals surface area (Å²) in [7, 11) is 1.62. The molecule has 2 amide bonds. The number of halogens is 3. The summed E-state index contributed by atoms with van der Waals surface area (Å²) in [6.45, 7) is 7.98. The van der Waals surface area contributed by atoms with E-state index in [1.54, 1.807) is 14.0 Å². The number of allylic oxidation sites excluding steroid dienone is 1. The van der Waals surface area contributed by atoms with Crippen LogP contribution in [0.15, 0.2) is 89.1 Å². The maximum Gasteiger partial charge on any atom is 0.573 e. The molecule has 9 nitrogen and oxygen atoms in total. The molecule has 0 aliphatic rings. The molecule has 0 saturated heterocycles. The van der Waals surface area contributed by atoms with Gasteiger partial charge in [-0.1, -0.05) is 44.2 Å². The molecule has 0 spiro atoms. The minimum Gasteiger partial charge on any atom is -0.497 e. The summed E-state index contributed by atoms with van der Waals surface area (Å²) in [6.07, 6.45) is -1.46. The maximum atomic E-state index is 13.0. The molecule has 0 fully saturated rings. The second kappa shape index (κ2) is 13.4. The number of ether oxygens (including phenoxy) is 2. The Bertz CT molecular complexity index is 1940. The monoisotopic (exact) mass is 648 g/mol. The van der Waals surface area contributed by atoms with Crippen LogP contribution < -0.4 is 19.6 Å². The number of nitrogens with one attached hydrogen (secondary N) is 1. The van der Waals surface area contributed by atoms with Gasteiger partial charge in [0, 0.05) is 28.4 Å². The molecule has 0 saturated carbocycles. The van der Waals surface area contributed by atoms with E-state index in [1.165, 1.54) is 46.6 Å². The summed E-state index contributed by atoms with van der Waals surface area (Å²) in [5.41, 5.74) is 5.68. The minimum absolute atomic E-state index is 0.250. The molecular formula is C33H31F3N6O3S. The van der Waals surface area contributed by atoms with E-state index in [-0.39, 0.29) is 11.7 Å². The van der Waals surface area contributed by atoms with Crippen molar-refractivity contribution >= 4 is 23.4 Å². The van der Waals surface area contributed by atoms with Crippen LogP contribution in [0.25, 0.3) is 28.8 Å². The van der Waals surface area contributed by atoms with Gasteiger partial charge >= 0.3 is 12.4 Å². The fourth-order valence-corrected chi connectivity index (χ4v) is 5.58. The summed E-state index contributed by atoms with van der Waals surface area (Å²) in [4.78, 5) is 22.2. The lowest BCUT2D eigenvalue weighted by molar-refractivity contribution is -0.274. The highest BCUT2D eigenvalue weighted by Crippen LogP contribution is 2.28. The van der Waals surface area contributed by atoms with E-state index >= 15 is 0 Å². The Hall–Kier alpha value is -5.17. The van der Waals surface area contributed by atoms with Gasteiger partial charge < -0.3 is 14.8 Å². The third-order valence-electron chi connectivity index (χ3n) is 6.86. The zero-order chi connectivity index (χ0) is 33.0. The first-order chi connectivity index (χ1) is 21.9. The highest BCUT2D eigenvalue weighted by atomic mass is 32.1. The number of carbonyl (C=O) groups is 1. The van der Waals surface area contributed by atoms with Gasteiger partial charge in [0.15, 0.2) is 10.6 Å². The smallest absolute Gasteiger partial charge is 0.497 e.